The van der Waals surface area contributed by atoms with Crippen LogP contribution in [0.25, 0.3) is 5.57 Å². The first-order valence-electron chi connectivity index (χ1n) is 10.4. The van der Waals surface area contributed by atoms with E-state index in [-0.39, 0.29) is 16.3 Å². The Labute approximate surface area is 200 Å². The van der Waals surface area contributed by atoms with Gasteiger partial charge in [0.25, 0.3) is 5.91 Å². The second kappa shape index (κ2) is 10.6. The SMILES string of the molecule is CCC(C)=C(C)c1c(NCc2ccncn2)ncc(C(=O)Nc2ccc(C(F)(F)F)cc2)c1Cl. The Bertz CT molecular complexity index is 1200. The van der Waals surface area contributed by atoms with Crippen molar-refractivity contribution in [3.8, 4) is 0 Å². The number of halogens is 4. The van der Waals surface area contributed by atoms with E-state index in [9.17, 15) is 18.0 Å². The average Bonchev–Trinajstić information content (AvgIpc) is 2.82. The van der Waals surface area contributed by atoms with Gasteiger partial charge in [-0.3, -0.25) is 4.79 Å². The summed E-state index contributed by atoms with van der Waals surface area (Å²) in [5.41, 5.74) is 2.77. The number of nitrogens with zero attached hydrogens (tertiary/aromatic N) is 3. The highest BCUT2D eigenvalue weighted by atomic mass is 35.5. The van der Waals surface area contributed by atoms with E-state index in [2.05, 4.69) is 25.6 Å². The molecule has 178 valence electrons. The number of aromatic nitrogens is 3. The van der Waals surface area contributed by atoms with Gasteiger partial charge in [0.1, 0.15) is 12.1 Å². The molecule has 1 aromatic carbocycles. The minimum Gasteiger partial charge on any atom is -0.364 e. The average molecular weight is 490 g/mol. The molecule has 2 heterocycles. The Balaban J connectivity index is 1.92. The minimum absolute atomic E-state index is 0.104. The highest BCUT2D eigenvalue weighted by molar-refractivity contribution is 6.36. The first-order chi connectivity index (χ1) is 16.1. The van der Waals surface area contributed by atoms with E-state index >= 15 is 0 Å². The number of nitrogens with one attached hydrogen (secondary N) is 2. The van der Waals surface area contributed by atoms with Gasteiger partial charge in [-0.2, -0.15) is 13.2 Å². The van der Waals surface area contributed by atoms with E-state index < -0.39 is 17.6 Å². The first-order valence-corrected chi connectivity index (χ1v) is 10.8. The van der Waals surface area contributed by atoms with Crippen LogP contribution >= 0.6 is 11.6 Å². The Hall–Kier alpha value is -3.46. The van der Waals surface area contributed by atoms with E-state index in [1.807, 2.05) is 20.8 Å². The van der Waals surface area contributed by atoms with Crippen LogP contribution in [-0.4, -0.2) is 20.9 Å². The largest absolute Gasteiger partial charge is 0.416 e. The second-order valence-electron chi connectivity index (χ2n) is 7.55. The molecule has 0 saturated heterocycles. The molecule has 0 bridgehead atoms. The van der Waals surface area contributed by atoms with E-state index in [1.54, 1.807) is 12.3 Å². The predicted molar refractivity (Wildman–Crippen MR) is 127 cm³/mol. The maximum atomic E-state index is 12.9. The summed E-state index contributed by atoms with van der Waals surface area (Å²) in [4.78, 5) is 25.4. The van der Waals surface area contributed by atoms with E-state index in [0.29, 0.717) is 17.9 Å². The number of benzene rings is 1. The van der Waals surface area contributed by atoms with Crippen molar-refractivity contribution in [2.24, 2.45) is 0 Å². The summed E-state index contributed by atoms with van der Waals surface area (Å²) in [5, 5.41) is 5.98. The number of allylic oxidation sites excluding steroid dienone is 2. The third kappa shape index (κ3) is 5.91. The summed E-state index contributed by atoms with van der Waals surface area (Å²) in [6, 6.07) is 5.94. The van der Waals surface area contributed by atoms with Gasteiger partial charge in [-0.15, -0.1) is 0 Å². The van der Waals surface area contributed by atoms with Gasteiger partial charge < -0.3 is 10.6 Å². The number of carbonyl (C=O) groups excluding carboxylic acids is 1. The van der Waals surface area contributed by atoms with Crippen LogP contribution in [0.3, 0.4) is 0 Å². The highest BCUT2D eigenvalue weighted by Gasteiger charge is 2.30. The van der Waals surface area contributed by atoms with Crippen LogP contribution in [0.2, 0.25) is 5.02 Å². The molecule has 0 aliphatic rings. The number of hydrogen-bond acceptors (Lipinski definition) is 5. The summed E-state index contributed by atoms with van der Waals surface area (Å²) in [6.07, 6.45) is 0.726. The van der Waals surface area contributed by atoms with Crippen molar-refractivity contribution in [1.82, 2.24) is 15.0 Å². The lowest BCUT2D eigenvalue weighted by Gasteiger charge is -2.17. The Morgan fingerprint density at radius 1 is 1.09 bits per heavy atom. The van der Waals surface area contributed by atoms with E-state index in [0.717, 1.165) is 35.4 Å². The molecule has 0 spiro atoms. The number of anilines is 2. The smallest absolute Gasteiger partial charge is 0.364 e. The molecule has 3 rings (SSSR count). The topological polar surface area (TPSA) is 79.8 Å². The predicted octanol–water partition coefficient (Wildman–Crippen LogP) is 6.61. The van der Waals surface area contributed by atoms with Crippen LogP contribution in [0.1, 0.15) is 54.4 Å². The number of alkyl halides is 3. The lowest BCUT2D eigenvalue weighted by Crippen LogP contribution is -2.15. The third-order valence-electron chi connectivity index (χ3n) is 5.36. The molecule has 0 aliphatic heterocycles. The summed E-state index contributed by atoms with van der Waals surface area (Å²) in [5.74, 6) is -0.0946. The lowest BCUT2D eigenvalue weighted by molar-refractivity contribution is -0.137. The molecule has 0 fully saturated rings. The van der Waals surface area contributed by atoms with E-state index in [1.165, 1.54) is 24.7 Å². The molecule has 2 aromatic heterocycles. The highest BCUT2D eigenvalue weighted by Crippen LogP contribution is 2.35. The maximum absolute atomic E-state index is 12.9. The zero-order valence-electron chi connectivity index (χ0n) is 18.8. The molecule has 3 aromatic rings. The molecule has 0 saturated carbocycles. The fraction of sp³-hybridized carbons (Fsp3) is 0.250. The molecular formula is C24H23ClF3N5O. The van der Waals surface area contributed by atoms with Crippen molar-refractivity contribution in [1.29, 1.82) is 0 Å². The Morgan fingerprint density at radius 3 is 2.38 bits per heavy atom. The van der Waals surface area contributed by atoms with Crippen LogP contribution in [0.4, 0.5) is 24.7 Å². The van der Waals surface area contributed by atoms with Gasteiger partial charge >= 0.3 is 6.18 Å². The third-order valence-corrected chi connectivity index (χ3v) is 5.75. The van der Waals surface area contributed by atoms with Crippen LogP contribution in [-0.2, 0) is 12.7 Å². The number of amides is 1. The summed E-state index contributed by atoms with van der Waals surface area (Å²) < 4.78 is 38.4. The monoisotopic (exact) mass is 489 g/mol. The van der Waals surface area contributed by atoms with Gasteiger partial charge in [0.05, 0.1) is 28.4 Å². The normalized spacial score (nSPS) is 12.2. The lowest BCUT2D eigenvalue weighted by atomic mass is 9.99. The van der Waals surface area contributed by atoms with Crippen molar-refractivity contribution in [2.75, 3.05) is 10.6 Å². The van der Waals surface area contributed by atoms with E-state index in [4.69, 9.17) is 11.6 Å². The maximum Gasteiger partial charge on any atom is 0.416 e. The van der Waals surface area contributed by atoms with Crippen LogP contribution in [0.5, 0.6) is 0 Å². The summed E-state index contributed by atoms with van der Waals surface area (Å²) in [6.45, 7) is 6.24. The van der Waals surface area contributed by atoms with Gasteiger partial charge in [0.2, 0.25) is 0 Å². The van der Waals surface area contributed by atoms with Crippen LogP contribution in [0.15, 0.2) is 54.6 Å². The van der Waals surface area contributed by atoms with Gasteiger partial charge in [-0.1, -0.05) is 24.1 Å². The number of rotatable bonds is 7. The zero-order chi connectivity index (χ0) is 24.9. The standard InChI is InChI=1S/C24H23ClF3N5O/c1-4-14(2)15(3)20-21(25)19(12-31-22(20)30-11-18-9-10-29-13-32-18)23(34)33-17-7-5-16(6-8-17)24(26,27)28/h5-10,12-13H,4,11H2,1-3H3,(H,30,31)(H,33,34). The molecule has 0 atom stereocenters. The first kappa shape index (κ1) is 25.2. The molecule has 34 heavy (non-hydrogen) atoms. The van der Waals surface area contributed by atoms with Crippen molar-refractivity contribution in [3.05, 3.63) is 82.0 Å². The van der Waals surface area contributed by atoms with Crippen molar-refractivity contribution in [3.63, 3.8) is 0 Å². The second-order valence-corrected chi connectivity index (χ2v) is 7.93. The quantitative estimate of drug-likeness (QED) is 0.390. The summed E-state index contributed by atoms with van der Waals surface area (Å²) in [7, 11) is 0. The molecular weight excluding hydrogens is 467 g/mol. The minimum atomic E-state index is -4.46. The Kier molecular flexibility index (Phi) is 7.88. The van der Waals surface area contributed by atoms with Crippen molar-refractivity contribution < 1.29 is 18.0 Å². The molecule has 1 amide bonds. The molecule has 6 nitrogen and oxygen atoms in total. The summed E-state index contributed by atoms with van der Waals surface area (Å²) >= 11 is 6.69. The molecule has 2 N–H and O–H groups in total. The van der Waals surface area contributed by atoms with Crippen molar-refractivity contribution in [2.45, 2.75) is 39.9 Å². The molecule has 0 aliphatic carbocycles. The van der Waals surface area contributed by atoms with Crippen LogP contribution in [0, 0.1) is 0 Å². The number of pyridine rings is 1. The number of hydrogen-bond donors (Lipinski definition) is 2. The van der Waals surface area contributed by atoms with Crippen LogP contribution < -0.4 is 10.6 Å². The molecule has 0 unspecified atom stereocenters. The van der Waals surface area contributed by atoms with Gasteiger partial charge in [0, 0.05) is 23.6 Å². The van der Waals surface area contributed by atoms with Gasteiger partial charge in [-0.25, -0.2) is 15.0 Å². The van der Waals surface area contributed by atoms with Gasteiger partial charge in [-0.05, 0) is 56.2 Å². The fourth-order valence-electron chi connectivity index (χ4n) is 3.14. The molecule has 0 radical (unpaired) electrons. The fourth-order valence-corrected chi connectivity index (χ4v) is 3.51. The van der Waals surface area contributed by atoms with Gasteiger partial charge in [0.15, 0.2) is 0 Å². The Morgan fingerprint density at radius 2 is 1.79 bits per heavy atom. The van der Waals surface area contributed by atoms with Crippen molar-refractivity contribution >= 4 is 34.6 Å². The zero-order valence-corrected chi connectivity index (χ0v) is 19.6. The number of carbonyl (C=O) groups is 1. The molecule has 10 heteroatoms.